The van der Waals surface area contributed by atoms with Crippen LogP contribution in [0.25, 0.3) is 0 Å². The Balaban J connectivity index is 1.89. The lowest BCUT2D eigenvalue weighted by Crippen LogP contribution is -2.17. The van der Waals surface area contributed by atoms with E-state index >= 15 is 0 Å². The Kier molecular flexibility index (Phi) is 4.41. The first-order valence-corrected chi connectivity index (χ1v) is 9.16. The second-order valence-electron chi connectivity index (χ2n) is 5.12. The van der Waals surface area contributed by atoms with Gasteiger partial charge in [-0.25, -0.2) is 0 Å². The minimum absolute atomic E-state index is 0.0778. The summed E-state index contributed by atoms with van der Waals surface area (Å²) in [6.45, 7) is 2.32. The first-order chi connectivity index (χ1) is 11.0. The Labute approximate surface area is 143 Å². The van der Waals surface area contributed by atoms with E-state index in [-0.39, 0.29) is 4.90 Å². The van der Waals surface area contributed by atoms with Gasteiger partial charge in [-0.3, -0.25) is 4.28 Å². The molecule has 5 nitrogen and oxygen atoms in total. The summed E-state index contributed by atoms with van der Waals surface area (Å²) in [5.74, 6) is 0.662. The summed E-state index contributed by atoms with van der Waals surface area (Å²) in [6, 6.07) is 11.9. The molecule has 1 aliphatic rings. The third kappa shape index (κ3) is 3.56. The predicted octanol–water partition coefficient (Wildman–Crippen LogP) is 3.65. The lowest BCUT2D eigenvalue weighted by molar-refractivity contribution is 0.308. The number of fused-ring (bicyclic) bond motifs is 1. The Bertz CT molecular complexity index is 860. The number of hydrogen-bond acceptors (Lipinski definition) is 5. The number of halogens is 1. The molecule has 3 rings (SSSR count). The molecular weight excluding hydrogens is 382 g/mol. The van der Waals surface area contributed by atoms with Gasteiger partial charge in [0.25, 0.3) is 0 Å². The highest BCUT2D eigenvalue weighted by Crippen LogP contribution is 2.28. The highest BCUT2D eigenvalue weighted by molar-refractivity contribution is 9.10. The van der Waals surface area contributed by atoms with Gasteiger partial charge in [0.2, 0.25) is 0 Å². The van der Waals surface area contributed by atoms with Crippen molar-refractivity contribution >= 4 is 31.8 Å². The number of hydrogen-bond donors (Lipinski definition) is 0. The maximum atomic E-state index is 12.2. The van der Waals surface area contributed by atoms with E-state index in [9.17, 15) is 8.42 Å². The molecule has 0 saturated heterocycles. The topological polar surface area (TPSA) is 65.0 Å². The summed E-state index contributed by atoms with van der Waals surface area (Å²) in [7, 11) is -3.93. The second-order valence-corrected chi connectivity index (χ2v) is 7.56. The summed E-state index contributed by atoms with van der Waals surface area (Å²) in [6.07, 6.45) is 0.479. The van der Waals surface area contributed by atoms with Crippen molar-refractivity contribution in [2.75, 3.05) is 6.61 Å². The quantitative estimate of drug-likeness (QED) is 0.743. The molecule has 0 saturated carbocycles. The van der Waals surface area contributed by atoms with E-state index in [1.807, 2.05) is 25.1 Å². The van der Waals surface area contributed by atoms with Crippen LogP contribution in [0.2, 0.25) is 0 Å². The van der Waals surface area contributed by atoms with Gasteiger partial charge in [0, 0.05) is 16.5 Å². The molecule has 23 heavy (non-hydrogen) atoms. The summed E-state index contributed by atoms with van der Waals surface area (Å²) in [5, 5.41) is 3.86. The van der Waals surface area contributed by atoms with Crippen molar-refractivity contribution in [3.8, 4) is 5.75 Å². The monoisotopic (exact) mass is 395 g/mol. The molecule has 2 aromatic rings. The van der Waals surface area contributed by atoms with Crippen LogP contribution in [0.15, 0.2) is 57.0 Å². The Morgan fingerprint density at radius 1 is 1.17 bits per heavy atom. The van der Waals surface area contributed by atoms with Crippen LogP contribution in [0.4, 0.5) is 0 Å². The molecule has 7 heteroatoms. The molecule has 0 amide bonds. The van der Waals surface area contributed by atoms with Crippen LogP contribution in [0.3, 0.4) is 0 Å². The van der Waals surface area contributed by atoms with E-state index in [1.165, 1.54) is 12.1 Å². The van der Waals surface area contributed by atoms with Crippen molar-refractivity contribution in [1.82, 2.24) is 0 Å². The molecule has 0 N–H and O–H groups in total. The van der Waals surface area contributed by atoms with Crippen LogP contribution in [0.5, 0.6) is 5.75 Å². The number of aryl methyl sites for hydroxylation is 1. The average Bonchev–Trinajstić information content (AvgIpc) is 2.53. The summed E-state index contributed by atoms with van der Waals surface area (Å²) in [5.41, 5.74) is 2.24. The first kappa shape index (κ1) is 16.0. The van der Waals surface area contributed by atoms with Crippen LogP contribution >= 0.6 is 15.9 Å². The minimum atomic E-state index is -3.93. The fourth-order valence-corrected chi connectivity index (χ4v) is 3.29. The van der Waals surface area contributed by atoms with Gasteiger partial charge in [-0.05, 0) is 37.3 Å². The maximum Gasteiger partial charge on any atom is 0.358 e. The third-order valence-electron chi connectivity index (χ3n) is 3.40. The number of nitrogens with zero attached hydrogens (tertiary/aromatic N) is 1. The molecule has 0 aromatic heterocycles. The predicted molar refractivity (Wildman–Crippen MR) is 90.2 cm³/mol. The van der Waals surface area contributed by atoms with Gasteiger partial charge in [-0.15, -0.1) is 0 Å². The van der Waals surface area contributed by atoms with Gasteiger partial charge in [0.15, 0.2) is 0 Å². The van der Waals surface area contributed by atoms with Crippen LogP contribution < -0.4 is 4.74 Å². The van der Waals surface area contributed by atoms with Crippen molar-refractivity contribution in [2.24, 2.45) is 5.16 Å². The van der Waals surface area contributed by atoms with E-state index in [0.717, 1.165) is 15.6 Å². The highest BCUT2D eigenvalue weighted by atomic mass is 79.9. The molecule has 0 spiro atoms. The van der Waals surface area contributed by atoms with Crippen molar-refractivity contribution in [3.63, 3.8) is 0 Å². The van der Waals surface area contributed by atoms with E-state index in [4.69, 9.17) is 9.02 Å². The largest absolute Gasteiger partial charge is 0.492 e. The van der Waals surface area contributed by atoms with Gasteiger partial charge in [0.05, 0.1) is 12.3 Å². The average molecular weight is 396 g/mol. The Hall–Kier alpha value is -1.86. The molecule has 0 aliphatic carbocycles. The molecule has 0 fully saturated rings. The first-order valence-electron chi connectivity index (χ1n) is 6.96. The Morgan fingerprint density at radius 2 is 1.91 bits per heavy atom. The normalized spacial score (nSPS) is 15.8. The van der Waals surface area contributed by atoms with Gasteiger partial charge >= 0.3 is 10.1 Å². The maximum absolute atomic E-state index is 12.2. The third-order valence-corrected chi connectivity index (χ3v) is 5.02. The molecule has 0 unspecified atom stereocenters. The van der Waals surface area contributed by atoms with Crippen LogP contribution in [0, 0.1) is 6.92 Å². The van der Waals surface area contributed by atoms with Gasteiger partial charge in [0.1, 0.15) is 10.6 Å². The Morgan fingerprint density at radius 3 is 2.65 bits per heavy atom. The number of ether oxygens (including phenoxy) is 1. The number of rotatable bonds is 3. The lowest BCUT2D eigenvalue weighted by Gasteiger charge is -2.18. The molecule has 2 aromatic carbocycles. The molecule has 1 aliphatic heterocycles. The smallest absolute Gasteiger partial charge is 0.358 e. The SMILES string of the molecule is Cc1ccc(S(=O)(=O)O/N=C2/CCOc3ccc(Br)cc32)cc1. The van der Waals surface area contributed by atoms with Gasteiger partial charge in [-0.1, -0.05) is 38.8 Å². The van der Waals surface area contributed by atoms with Crippen molar-refractivity contribution < 1.29 is 17.4 Å². The standard InChI is InChI=1S/C16H14BrNO4S/c1-11-2-5-13(6-3-11)23(19,20)22-18-15-8-9-21-16-7-4-12(17)10-14(15)16/h2-7,10H,8-9H2,1H3/b18-15-. The van der Waals surface area contributed by atoms with Crippen LogP contribution in [-0.2, 0) is 14.4 Å². The van der Waals surface area contributed by atoms with Crippen LogP contribution in [-0.4, -0.2) is 20.7 Å². The van der Waals surface area contributed by atoms with E-state index in [0.29, 0.717) is 24.5 Å². The van der Waals surface area contributed by atoms with Crippen LogP contribution in [0.1, 0.15) is 17.5 Å². The highest BCUT2D eigenvalue weighted by Gasteiger charge is 2.20. The number of oxime groups is 1. The van der Waals surface area contributed by atoms with Gasteiger partial charge in [-0.2, -0.15) is 8.42 Å². The molecule has 0 bridgehead atoms. The molecule has 1 heterocycles. The minimum Gasteiger partial charge on any atom is -0.492 e. The van der Waals surface area contributed by atoms with E-state index < -0.39 is 10.1 Å². The number of benzene rings is 2. The zero-order chi connectivity index (χ0) is 16.4. The van der Waals surface area contributed by atoms with Crippen molar-refractivity contribution in [3.05, 3.63) is 58.1 Å². The van der Waals surface area contributed by atoms with Crippen molar-refractivity contribution in [2.45, 2.75) is 18.2 Å². The molecule has 0 atom stereocenters. The fraction of sp³-hybridized carbons (Fsp3) is 0.188. The summed E-state index contributed by atoms with van der Waals surface area (Å²) < 4.78 is 35.7. The van der Waals surface area contributed by atoms with Gasteiger partial charge < -0.3 is 4.74 Å². The fourth-order valence-electron chi connectivity index (χ4n) is 2.18. The summed E-state index contributed by atoms with van der Waals surface area (Å²) >= 11 is 3.38. The van der Waals surface area contributed by atoms with E-state index in [2.05, 4.69) is 21.1 Å². The molecule has 120 valence electrons. The molecule has 0 radical (unpaired) electrons. The molecular formula is C16H14BrNO4S. The zero-order valence-corrected chi connectivity index (χ0v) is 14.7. The summed E-state index contributed by atoms with van der Waals surface area (Å²) in [4.78, 5) is 0.0778. The van der Waals surface area contributed by atoms with Crippen molar-refractivity contribution in [1.29, 1.82) is 0 Å². The van der Waals surface area contributed by atoms with E-state index in [1.54, 1.807) is 12.1 Å². The lowest BCUT2D eigenvalue weighted by atomic mass is 10.0. The second kappa shape index (κ2) is 6.33. The zero-order valence-electron chi connectivity index (χ0n) is 12.3.